The molecule has 1 aromatic rings. The van der Waals surface area contributed by atoms with Crippen LogP contribution in [0.15, 0.2) is 23.1 Å². The van der Waals surface area contributed by atoms with E-state index in [0.717, 1.165) is 23.5 Å². The van der Waals surface area contributed by atoms with Crippen molar-refractivity contribution in [3.8, 4) is 0 Å². The largest absolute Gasteiger partial charge is 0.478 e. The van der Waals surface area contributed by atoms with E-state index in [1.54, 1.807) is 18.0 Å². The van der Waals surface area contributed by atoms with E-state index >= 15 is 0 Å². The monoisotopic (exact) mass is 237 g/mol. The van der Waals surface area contributed by atoms with E-state index in [0.29, 0.717) is 5.56 Å². The summed E-state index contributed by atoms with van der Waals surface area (Å²) in [5, 5.41) is 8.92. The molecule has 0 amide bonds. The third kappa shape index (κ3) is 2.57. The van der Waals surface area contributed by atoms with Crippen LogP contribution in [0.5, 0.6) is 0 Å². The first-order valence-electron chi connectivity index (χ1n) is 5.43. The highest BCUT2D eigenvalue weighted by molar-refractivity contribution is 7.97. The molecule has 1 N–H and O–H groups in total. The van der Waals surface area contributed by atoms with Crippen LogP contribution in [-0.2, 0) is 0 Å². The number of rotatable bonds is 3. The smallest absolute Gasteiger partial charge is 0.335 e. The molecule has 0 radical (unpaired) electrons. The molecule has 0 aromatic heterocycles. The Morgan fingerprint density at radius 2 is 2.06 bits per heavy atom. The molecule has 1 fully saturated rings. The molecule has 2 rings (SSSR count). The number of carboxylic acids is 1. The van der Waals surface area contributed by atoms with Crippen molar-refractivity contribution in [2.75, 3.05) is 13.1 Å². The van der Waals surface area contributed by atoms with Gasteiger partial charge in [0, 0.05) is 18.0 Å². The second kappa shape index (κ2) is 4.89. The molecule has 1 aliphatic heterocycles. The van der Waals surface area contributed by atoms with Crippen LogP contribution in [0.1, 0.15) is 28.8 Å². The van der Waals surface area contributed by atoms with Gasteiger partial charge in [-0.15, -0.1) is 0 Å². The molecule has 1 aliphatic rings. The molecule has 4 heteroatoms. The fourth-order valence-electron chi connectivity index (χ4n) is 1.86. The summed E-state index contributed by atoms with van der Waals surface area (Å²) in [4.78, 5) is 12.0. The Morgan fingerprint density at radius 1 is 1.38 bits per heavy atom. The van der Waals surface area contributed by atoms with E-state index in [-0.39, 0.29) is 0 Å². The van der Waals surface area contributed by atoms with Gasteiger partial charge in [0.15, 0.2) is 0 Å². The average Bonchev–Trinajstić information content (AvgIpc) is 2.70. The zero-order chi connectivity index (χ0) is 11.5. The van der Waals surface area contributed by atoms with Crippen molar-refractivity contribution in [1.82, 2.24) is 4.31 Å². The number of nitrogens with zero attached hydrogens (tertiary/aromatic N) is 1. The minimum absolute atomic E-state index is 0.394. The molecule has 0 bridgehead atoms. The fraction of sp³-hybridized carbons (Fsp3) is 0.417. The second-order valence-electron chi connectivity index (χ2n) is 4.01. The highest BCUT2D eigenvalue weighted by atomic mass is 32.2. The maximum atomic E-state index is 10.9. The Balaban J connectivity index is 2.11. The van der Waals surface area contributed by atoms with Crippen LogP contribution in [0.25, 0.3) is 0 Å². The Labute approximate surface area is 99.6 Å². The number of aryl methyl sites for hydroxylation is 1. The zero-order valence-electron chi connectivity index (χ0n) is 9.27. The van der Waals surface area contributed by atoms with Gasteiger partial charge in [0.25, 0.3) is 0 Å². The van der Waals surface area contributed by atoms with Crippen LogP contribution >= 0.6 is 11.9 Å². The van der Waals surface area contributed by atoms with Gasteiger partial charge in [0.05, 0.1) is 5.56 Å². The molecule has 1 aromatic carbocycles. The summed E-state index contributed by atoms with van der Waals surface area (Å²) in [7, 11) is 0. The van der Waals surface area contributed by atoms with Crippen molar-refractivity contribution in [2.24, 2.45) is 0 Å². The lowest BCUT2D eigenvalue weighted by atomic mass is 10.1. The summed E-state index contributed by atoms with van der Waals surface area (Å²) in [6.07, 6.45) is 2.53. The van der Waals surface area contributed by atoms with Gasteiger partial charge >= 0.3 is 5.97 Å². The van der Waals surface area contributed by atoms with Gasteiger partial charge in [0.1, 0.15) is 0 Å². The first kappa shape index (κ1) is 11.5. The van der Waals surface area contributed by atoms with Gasteiger partial charge in [-0.2, -0.15) is 0 Å². The van der Waals surface area contributed by atoms with Crippen LogP contribution in [0.2, 0.25) is 0 Å². The summed E-state index contributed by atoms with van der Waals surface area (Å²) in [6, 6.07) is 5.53. The normalized spacial score (nSPS) is 16.6. The van der Waals surface area contributed by atoms with Gasteiger partial charge in [0.2, 0.25) is 0 Å². The molecule has 0 unspecified atom stereocenters. The lowest BCUT2D eigenvalue weighted by Gasteiger charge is -2.13. The second-order valence-corrected chi connectivity index (χ2v) is 5.18. The highest BCUT2D eigenvalue weighted by Crippen LogP contribution is 2.28. The van der Waals surface area contributed by atoms with Crippen molar-refractivity contribution in [3.63, 3.8) is 0 Å². The SMILES string of the molecule is Cc1cc(SN2CCCC2)ccc1C(=O)O. The Hall–Kier alpha value is -1.00. The van der Waals surface area contributed by atoms with Crippen molar-refractivity contribution in [3.05, 3.63) is 29.3 Å². The van der Waals surface area contributed by atoms with E-state index in [1.807, 2.05) is 19.1 Å². The number of carboxylic acid groups (broad SMARTS) is 1. The van der Waals surface area contributed by atoms with Crippen LogP contribution in [-0.4, -0.2) is 28.5 Å². The number of hydrogen-bond acceptors (Lipinski definition) is 3. The van der Waals surface area contributed by atoms with Crippen molar-refractivity contribution >= 4 is 17.9 Å². The summed E-state index contributed by atoms with van der Waals surface area (Å²) < 4.78 is 2.33. The minimum atomic E-state index is -0.852. The summed E-state index contributed by atoms with van der Waals surface area (Å²) >= 11 is 1.73. The molecule has 0 saturated carbocycles. The lowest BCUT2D eigenvalue weighted by molar-refractivity contribution is 0.0696. The minimum Gasteiger partial charge on any atom is -0.478 e. The third-order valence-electron chi connectivity index (χ3n) is 2.73. The zero-order valence-corrected chi connectivity index (χ0v) is 10.1. The van der Waals surface area contributed by atoms with Crippen LogP contribution in [0.3, 0.4) is 0 Å². The number of benzene rings is 1. The molecule has 0 atom stereocenters. The molecule has 16 heavy (non-hydrogen) atoms. The quantitative estimate of drug-likeness (QED) is 0.821. The standard InChI is InChI=1S/C12H15NO2S/c1-9-8-10(4-5-11(9)12(14)15)16-13-6-2-3-7-13/h4-5,8H,2-3,6-7H2,1H3,(H,14,15). The molecule has 86 valence electrons. The van der Waals surface area contributed by atoms with Crippen molar-refractivity contribution in [2.45, 2.75) is 24.7 Å². The van der Waals surface area contributed by atoms with E-state index < -0.39 is 5.97 Å². The molecule has 3 nitrogen and oxygen atoms in total. The van der Waals surface area contributed by atoms with E-state index in [1.165, 1.54) is 12.8 Å². The number of hydrogen-bond donors (Lipinski definition) is 1. The fourth-order valence-corrected chi connectivity index (χ4v) is 2.96. The van der Waals surface area contributed by atoms with Gasteiger partial charge in [-0.1, -0.05) is 0 Å². The van der Waals surface area contributed by atoms with Crippen LogP contribution in [0.4, 0.5) is 0 Å². The van der Waals surface area contributed by atoms with Gasteiger partial charge in [-0.3, -0.25) is 0 Å². The predicted octanol–water partition coefficient (Wildman–Crippen LogP) is 2.80. The van der Waals surface area contributed by atoms with Crippen molar-refractivity contribution < 1.29 is 9.90 Å². The number of carbonyl (C=O) groups is 1. The first-order valence-corrected chi connectivity index (χ1v) is 6.21. The highest BCUT2D eigenvalue weighted by Gasteiger charge is 2.14. The lowest BCUT2D eigenvalue weighted by Crippen LogP contribution is -2.09. The first-order chi connectivity index (χ1) is 7.66. The van der Waals surface area contributed by atoms with Gasteiger partial charge in [-0.05, 0) is 55.5 Å². The Morgan fingerprint density at radius 3 is 2.62 bits per heavy atom. The maximum Gasteiger partial charge on any atom is 0.335 e. The molecule has 1 saturated heterocycles. The molecule has 0 aliphatic carbocycles. The van der Waals surface area contributed by atoms with Gasteiger partial charge < -0.3 is 5.11 Å². The molecular formula is C12H15NO2S. The van der Waals surface area contributed by atoms with Crippen LogP contribution in [0, 0.1) is 6.92 Å². The summed E-state index contributed by atoms with van der Waals surface area (Å²) in [5.41, 5.74) is 1.22. The Bertz CT molecular complexity index is 400. The third-order valence-corrected chi connectivity index (χ3v) is 3.82. The van der Waals surface area contributed by atoms with E-state index in [9.17, 15) is 4.79 Å². The average molecular weight is 237 g/mol. The van der Waals surface area contributed by atoms with E-state index in [4.69, 9.17) is 5.11 Å². The molecule has 1 heterocycles. The topological polar surface area (TPSA) is 40.5 Å². The molecular weight excluding hydrogens is 222 g/mol. The van der Waals surface area contributed by atoms with Gasteiger partial charge in [-0.25, -0.2) is 9.10 Å². The maximum absolute atomic E-state index is 10.9. The predicted molar refractivity (Wildman–Crippen MR) is 64.8 cm³/mol. The van der Waals surface area contributed by atoms with Crippen molar-refractivity contribution in [1.29, 1.82) is 0 Å². The summed E-state index contributed by atoms with van der Waals surface area (Å²) in [5.74, 6) is -0.852. The Kier molecular flexibility index (Phi) is 3.51. The van der Waals surface area contributed by atoms with Crippen LogP contribution < -0.4 is 0 Å². The molecule has 0 spiro atoms. The number of aromatic carboxylic acids is 1. The summed E-state index contributed by atoms with van der Waals surface area (Å²) in [6.45, 7) is 4.10. The van der Waals surface area contributed by atoms with E-state index in [2.05, 4.69) is 4.31 Å².